The summed E-state index contributed by atoms with van der Waals surface area (Å²) >= 11 is 3.43. The van der Waals surface area contributed by atoms with Crippen LogP contribution in [-0.2, 0) is 6.54 Å². The molecule has 2 aromatic rings. The summed E-state index contributed by atoms with van der Waals surface area (Å²) in [5, 5.41) is 3.40. The molecule has 0 radical (unpaired) electrons. The van der Waals surface area contributed by atoms with E-state index in [-0.39, 0.29) is 0 Å². The smallest absolute Gasteiger partial charge is 0.0208 e. The van der Waals surface area contributed by atoms with Crippen molar-refractivity contribution in [3.63, 3.8) is 0 Å². The highest BCUT2D eigenvalue weighted by atomic mass is 79.9. The van der Waals surface area contributed by atoms with Crippen LogP contribution < -0.4 is 5.32 Å². The molecule has 0 aromatic heterocycles. The average molecular weight is 302 g/mol. The minimum Gasteiger partial charge on any atom is -0.309 e. The van der Waals surface area contributed by atoms with E-state index in [0.717, 1.165) is 23.1 Å². The van der Waals surface area contributed by atoms with Crippen LogP contribution in [0.3, 0.4) is 0 Å². The van der Waals surface area contributed by atoms with Crippen LogP contribution in [0.4, 0.5) is 0 Å². The summed E-state index contributed by atoms with van der Waals surface area (Å²) in [5.41, 5.74) is 3.59. The Morgan fingerprint density at radius 2 is 1.67 bits per heavy atom. The molecule has 18 heavy (non-hydrogen) atoms. The highest BCUT2D eigenvalue weighted by Gasteiger charge is 1.98. The number of nitrogens with one attached hydrogen (secondary N) is 1. The lowest BCUT2D eigenvalue weighted by Crippen LogP contribution is -2.15. The molecule has 0 amide bonds. The quantitative estimate of drug-likeness (QED) is 0.870. The predicted octanol–water partition coefficient (Wildman–Crippen LogP) is 4.25. The standard InChI is InChI=1S/C16H16BrN/c1-13(15-5-3-2-4-6-15)11-18-12-14-7-9-16(17)10-8-14/h2-10,18H,1,11-12H2. The SMILES string of the molecule is C=C(CNCc1ccc(Br)cc1)c1ccccc1. The van der Waals surface area contributed by atoms with Crippen LogP contribution in [-0.4, -0.2) is 6.54 Å². The molecule has 0 saturated carbocycles. The molecule has 92 valence electrons. The fourth-order valence-electron chi connectivity index (χ4n) is 1.74. The normalized spacial score (nSPS) is 10.3. The first-order chi connectivity index (χ1) is 8.75. The minimum atomic E-state index is 0.806. The van der Waals surface area contributed by atoms with Crippen molar-refractivity contribution in [3.05, 3.63) is 76.8 Å². The summed E-state index contributed by atoms with van der Waals surface area (Å²) in [6.45, 7) is 5.77. The van der Waals surface area contributed by atoms with E-state index in [1.807, 2.05) is 18.2 Å². The molecule has 2 heteroatoms. The van der Waals surface area contributed by atoms with Gasteiger partial charge in [0.15, 0.2) is 0 Å². The van der Waals surface area contributed by atoms with Gasteiger partial charge in [-0.25, -0.2) is 0 Å². The number of hydrogen-bond acceptors (Lipinski definition) is 1. The molecule has 0 saturated heterocycles. The molecule has 1 N–H and O–H groups in total. The third-order valence-corrected chi connectivity index (χ3v) is 3.29. The topological polar surface area (TPSA) is 12.0 Å². The van der Waals surface area contributed by atoms with Crippen molar-refractivity contribution < 1.29 is 0 Å². The summed E-state index contributed by atoms with van der Waals surface area (Å²) in [6.07, 6.45) is 0. The number of benzene rings is 2. The van der Waals surface area contributed by atoms with Crippen molar-refractivity contribution in [3.8, 4) is 0 Å². The highest BCUT2D eigenvalue weighted by Crippen LogP contribution is 2.12. The van der Waals surface area contributed by atoms with Crippen molar-refractivity contribution >= 4 is 21.5 Å². The molecule has 0 fully saturated rings. The van der Waals surface area contributed by atoms with E-state index in [9.17, 15) is 0 Å². The molecule has 2 aromatic carbocycles. The molecule has 0 spiro atoms. The molecule has 0 aliphatic heterocycles. The second-order valence-corrected chi connectivity index (χ2v) is 5.12. The first-order valence-electron chi connectivity index (χ1n) is 5.94. The summed E-state index contributed by atoms with van der Waals surface area (Å²) in [7, 11) is 0. The Morgan fingerprint density at radius 1 is 1.00 bits per heavy atom. The molecule has 0 aliphatic rings. The lowest BCUT2D eigenvalue weighted by Gasteiger charge is -2.08. The molecular weight excluding hydrogens is 286 g/mol. The third-order valence-electron chi connectivity index (χ3n) is 2.76. The lowest BCUT2D eigenvalue weighted by atomic mass is 10.1. The molecule has 0 heterocycles. The zero-order valence-electron chi connectivity index (χ0n) is 10.2. The van der Waals surface area contributed by atoms with Crippen molar-refractivity contribution in [2.24, 2.45) is 0 Å². The highest BCUT2D eigenvalue weighted by molar-refractivity contribution is 9.10. The van der Waals surface area contributed by atoms with Crippen LogP contribution >= 0.6 is 15.9 Å². The van der Waals surface area contributed by atoms with Crippen molar-refractivity contribution in [2.75, 3.05) is 6.54 Å². The van der Waals surface area contributed by atoms with Gasteiger partial charge in [-0.1, -0.05) is 65.0 Å². The van der Waals surface area contributed by atoms with Gasteiger partial charge in [-0.2, -0.15) is 0 Å². The Morgan fingerprint density at radius 3 is 2.33 bits per heavy atom. The van der Waals surface area contributed by atoms with E-state index in [0.29, 0.717) is 0 Å². The largest absolute Gasteiger partial charge is 0.309 e. The van der Waals surface area contributed by atoms with Crippen LogP contribution in [0.5, 0.6) is 0 Å². The van der Waals surface area contributed by atoms with E-state index in [4.69, 9.17) is 0 Å². The molecule has 0 atom stereocenters. The van der Waals surface area contributed by atoms with Crippen LogP contribution in [0.2, 0.25) is 0 Å². The Hall–Kier alpha value is -1.38. The zero-order valence-corrected chi connectivity index (χ0v) is 11.8. The van der Waals surface area contributed by atoms with Crippen molar-refractivity contribution in [2.45, 2.75) is 6.54 Å². The molecule has 0 aliphatic carbocycles. The van der Waals surface area contributed by atoms with Crippen molar-refractivity contribution in [1.29, 1.82) is 0 Å². The lowest BCUT2D eigenvalue weighted by molar-refractivity contribution is 0.768. The van der Waals surface area contributed by atoms with E-state index < -0.39 is 0 Å². The monoisotopic (exact) mass is 301 g/mol. The van der Waals surface area contributed by atoms with Gasteiger partial charge in [0.05, 0.1) is 0 Å². The van der Waals surface area contributed by atoms with Gasteiger partial charge in [-0.3, -0.25) is 0 Å². The maximum Gasteiger partial charge on any atom is 0.0208 e. The first kappa shape index (κ1) is 13.1. The van der Waals surface area contributed by atoms with Gasteiger partial charge in [-0.05, 0) is 28.8 Å². The van der Waals surface area contributed by atoms with Crippen LogP contribution in [0, 0.1) is 0 Å². The number of rotatable bonds is 5. The third kappa shape index (κ3) is 3.83. The summed E-state index contributed by atoms with van der Waals surface area (Å²) in [4.78, 5) is 0. The summed E-state index contributed by atoms with van der Waals surface area (Å²) in [6, 6.07) is 18.6. The molecule has 0 bridgehead atoms. The number of hydrogen-bond donors (Lipinski definition) is 1. The fraction of sp³-hybridized carbons (Fsp3) is 0.125. The van der Waals surface area contributed by atoms with Crippen LogP contribution in [0.25, 0.3) is 5.57 Å². The van der Waals surface area contributed by atoms with Gasteiger partial charge in [0.25, 0.3) is 0 Å². The van der Waals surface area contributed by atoms with Crippen molar-refractivity contribution in [1.82, 2.24) is 5.32 Å². The van der Waals surface area contributed by atoms with E-state index in [1.54, 1.807) is 0 Å². The van der Waals surface area contributed by atoms with Gasteiger partial charge in [0, 0.05) is 17.6 Å². The molecule has 0 unspecified atom stereocenters. The molecule has 2 rings (SSSR count). The Labute approximate surface area is 117 Å². The summed E-state index contributed by atoms with van der Waals surface area (Å²) in [5.74, 6) is 0. The van der Waals surface area contributed by atoms with Crippen LogP contribution in [0.15, 0.2) is 65.6 Å². The van der Waals surface area contributed by atoms with Gasteiger partial charge in [0.1, 0.15) is 0 Å². The second kappa shape index (κ2) is 6.53. The van der Waals surface area contributed by atoms with Crippen LogP contribution in [0.1, 0.15) is 11.1 Å². The molecule has 1 nitrogen and oxygen atoms in total. The average Bonchev–Trinajstić information content (AvgIpc) is 2.42. The van der Waals surface area contributed by atoms with E-state index in [2.05, 4.69) is 64.2 Å². The second-order valence-electron chi connectivity index (χ2n) is 4.20. The van der Waals surface area contributed by atoms with E-state index in [1.165, 1.54) is 11.1 Å². The Kier molecular flexibility index (Phi) is 4.73. The Balaban J connectivity index is 1.82. The Bertz CT molecular complexity index is 502. The van der Waals surface area contributed by atoms with Gasteiger partial charge < -0.3 is 5.32 Å². The van der Waals surface area contributed by atoms with Gasteiger partial charge in [0.2, 0.25) is 0 Å². The summed E-state index contributed by atoms with van der Waals surface area (Å²) < 4.78 is 1.11. The fourth-order valence-corrected chi connectivity index (χ4v) is 2.00. The first-order valence-corrected chi connectivity index (χ1v) is 6.73. The number of halogens is 1. The van der Waals surface area contributed by atoms with Gasteiger partial charge in [-0.15, -0.1) is 0 Å². The maximum absolute atomic E-state index is 4.10. The predicted molar refractivity (Wildman–Crippen MR) is 81.3 cm³/mol. The van der Waals surface area contributed by atoms with E-state index >= 15 is 0 Å². The minimum absolute atomic E-state index is 0.806. The van der Waals surface area contributed by atoms with Gasteiger partial charge >= 0.3 is 0 Å². The zero-order chi connectivity index (χ0) is 12.8. The maximum atomic E-state index is 4.10. The molecular formula is C16H16BrN.